The summed E-state index contributed by atoms with van der Waals surface area (Å²) in [4.78, 5) is 10.8. The van der Waals surface area contributed by atoms with Crippen molar-refractivity contribution in [3.63, 3.8) is 0 Å². The monoisotopic (exact) mass is 395 g/mol. The van der Waals surface area contributed by atoms with Crippen molar-refractivity contribution in [2.75, 3.05) is 0 Å². The molecule has 0 aliphatic heterocycles. The van der Waals surface area contributed by atoms with Gasteiger partial charge in [0.1, 0.15) is 5.75 Å². The summed E-state index contributed by atoms with van der Waals surface area (Å²) in [5.74, 6) is 0.213. The van der Waals surface area contributed by atoms with Gasteiger partial charge in [-0.05, 0) is 47.7 Å². The number of halogens is 3. The van der Waals surface area contributed by atoms with Crippen LogP contribution < -0.4 is 9.47 Å². The predicted molar refractivity (Wildman–Crippen MR) is 99.1 cm³/mol. The van der Waals surface area contributed by atoms with Crippen LogP contribution in [0.15, 0.2) is 54.8 Å². The van der Waals surface area contributed by atoms with Gasteiger partial charge >= 0.3 is 12.0 Å². The average Bonchev–Trinajstić information content (AvgIpc) is 2.64. The molecule has 1 atom stereocenters. The quantitative estimate of drug-likeness (QED) is 0.291. The highest BCUT2D eigenvalue weighted by Gasteiger charge is 2.31. The molecule has 0 fully saturated rings. The second-order valence-corrected chi connectivity index (χ2v) is 6.25. The Hall–Kier alpha value is -3.03. The van der Waals surface area contributed by atoms with Gasteiger partial charge in [-0.3, -0.25) is 10.1 Å². The molecule has 1 unspecified atom stereocenters. The lowest BCUT2D eigenvalue weighted by atomic mass is 10.0. The zero-order valence-electron chi connectivity index (χ0n) is 15.4. The molecule has 8 heteroatoms. The zero-order valence-corrected chi connectivity index (χ0v) is 15.4. The molecule has 28 heavy (non-hydrogen) atoms. The van der Waals surface area contributed by atoms with Crippen molar-refractivity contribution in [1.29, 1.82) is 0 Å². The normalized spacial score (nSPS) is 12.8. The van der Waals surface area contributed by atoms with Crippen LogP contribution in [0.3, 0.4) is 0 Å². The van der Waals surface area contributed by atoms with E-state index in [0.717, 1.165) is 25.0 Å². The fourth-order valence-corrected chi connectivity index (χ4v) is 2.36. The van der Waals surface area contributed by atoms with E-state index in [1.807, 2.05) is 6.08 Å². The van der Waals surface area contributed by atoms with E-state index in [4.69, 9.17) is 4.74 Å². The molecule has 0 bridgehead atoms. The number of nitro benzene ring substituents is 1. The van der Waals surface area contributed by atoms with Crippen molar-refractivity contribution >= 4 is 5.69 Å². The summed E-state index contributed by atoms with van der Waals surface area (Å²) in [7, 11) is 0. The first kappa shape index (κ1) is 21.3. The Morgan fingerprint density at radius 1 is 1.14 bits per heavy atom. The molecule has 0 heterocycles. The highest BCUT2D eigenvalue weighted by atomic mass is 19.4. The standard InChI is InChI=1S/C20H20F3NO4/c1-3-14(2)5-4-12-27-19-11-8-16(13-18(19)24(25)26)15-6-9-17(10-7-15)28-20(21,22)23/h4,6-14H,3,5H2,1-2H3/b12-4+. The number of rotatable bonds is 8. The lowest BCUT2D eigenvalue weighted by Gasteiger charge is -2.10. The largest absolute Gasteiger partial charge is 0.573 e. The van der Waals surface area contributed by atoms with Gasteiger partial charge in [0.25, 0.3) is 0 Å². The molecule has 0 amide bonds. The van der Waals surface area contributed by atoms with Crippen molar-refractivity contribution < 1.29 is 27.6 Å². The van der Waals surface area contributed by atoms with Crippen LogP contribution in [0.5, 0.6) is 11.5 Å². The van der Waals surface area contributed by atoms with Gasteiger partial charge in [0.05, 0.1) is 11.2 Å². The molecular formula is C20H20F3NO4. The van der Waals surface area contributed by atoms with E-state index in [-0.39, 0.29) is 17.2 Å². The number of allylic oxidation sites excluding steroid dienone is 1. The van der Waals surface area contributed by atoms with Gasteiger partial charge in [-0.15, -0.1) is 13.2 Å². The minimum atomic E-state index is -4.78. The number of alkyl halides is 3. The summed E-state index contributed by atoms with van der Waals surface area (Å²) >= 11 is 0. The molecule has 150 valence electrons. The zero-order chi connectivity index (χ0) is 20.7. The molecular weight excluding hydrogens is 375 g/mol. The highest BCUT2D eigenvalue weighted by Crippen LogP contribution is 2.33. The van der Waals surface area contributed by atoms with Crippen LogP contribution in [0.25, 0.3) is 11.1 Å². The van der Waals surface area contributed by atoms with E-state index >= 15 is 0 Å². The van der Waals surface area contributed by atoms with E-state index in [1.165, 1.54) is 30.5 Å². The number of nitro groups is 1. The van der Waals surface area contributed by atoms with Gasteiger partial charge in [-0.2, -0.15) is 0 Å². The smallest absolute Gasteiger partial charge is 0.458 e. The summed E-state index contributed by atoms with van der Waals surface area (Å²) in [6.07, 6.45) is 0.283. The maximum atomic E-state index is 12.2. The molecule has 5 nitrogen and oxygen atoms in total. The van der Waals surface area contributed by atoms with Crippen molar-refractivity contribution in [2.45, 2.75) is 33.1 Å². The first-order valence-electron chi connectivity index (χ1n) is 8.66. The molecule has 0 N–H and O–H groups in total. The van der Waals surface area contributed by atoms with Crippen LogP contribution in [0.2, 0.25) is 0 Å². The van der Waals surface area contributed by atoms with E-state index in [1.54, 1.807) is 6.07 Å². The van der Waals surface area contributed by atoms with Crippen LogP contribution in [0.1, 0.15) is 26.7 Å². The molecule has 0 aliphatic rings. The minimum Gasteiger partial charge on any atom is -0.458 e. The van der Waals surface area contributed by atoms with Crippen LogP contribution >= 0.6 is 0 Å². The second-order valence-electron chi connectivity index (χ2n) is 6.25. The Balaban J connectivity index is 2.18. The van der Waals surface area contributed by atoms with E-state index in [0.29, 0.717) is 17.0 Å². The minimum absolute atomic E-state index is 0.0891. The van der Waals surface area contributed by atoms with Crippen molar-refractivity contribution in [1.82, 2.24) is 0 Å². The third-order valence-corrected chi connectivity index (χ3v) is 4.10. The Morgan fingerprint density at radius 3 is 2.36 bits per heavy atom. The maximum Gasteiger partial charge on any atom is 0.573 e. The fraction of sp³-hybridized carbons (Fsp3) is 0.300. The van der Waals surface area contributed by atoms with E-state index < -0.39 is 11.3 Å². The van der Waals surface area contributed by atoms with Gasteiger partial charge in [0, 0.05) is 6.07 Å². The number of nitrogens with zero attached hydrogens (tertiary/aromatic N) is 1. The fourth-order valence-electron chi connectivity index (χ4n) is 2.36. The Kier molecular flexibility index (Phi) is 7.03. The maximum absolute atomic E-state index is 12.2. The molecule has 0 saturated heterocycles. The summed E-state index contributed by atoms with van der Waals surface area (Å²) in [5, 5.41) is 11.4. The van der Waals surface area contributed by atoms with Gasteiger partial charge in [0.15, 0.2) is 0 Å². The third-order valence-electron chi connectivity index (χ3n) is 4.10. The number of ether oxygens (including phenoxy) is 2. The van der Waals surface area contributed by atoms with Gasteiger partial charge in [-0.1, -0.05) is 38.5 Å². The first-order valence-corrected chi connectivity index (χ1v) is 8.66. The van der Waals surface area contributed by atoms with E-state index in [9.17, 15) is 23.3 Å². The average molecular weight is 395 g/mol. The Bertz CT molecular complexity index is 832. The number of benzene rings is 2. The molecule has 2 rings (SSSR count). The lowest BCUT2D eigenvalue weighted by Crippen LogP contribution is -2.16. The van der Waals surface area contributed by atoms with Crippen LogP contribution in [-0.2, 0) is 0 Å². The Morgan fingerprint density at radius 2 is 1.79 bits per heavy atom. The van der Waals surface area contributed by atoms with Gasteiger partial charge in [0.2, 0.25) is 5.75 Å². The molecule has 0 radical (unpaired) electrons. The molecule has 2 aromatic rings. The topological polar surface area (TPSA) is 61.6 Å². The first-order chi connectivity index (χ1) is 13.2. The van der Waals surface area contributed by atoms with Gasteiger partial charge < -0.3 is 9.47 Å². The summed E-state index contributed by atoms with van der Waals surface area (Å²) < 4.78 is 45.9. The summed E-state index contributed by atoms with van der Waals surface area (Å²) in [6, 6.07) is 9.47. The summed E-state index contributed by atoms with van der Waals surface area (Å²) in [5.41, 5.74) is 0.749. The number of hydrogen-bond acceptors (Lipinski definition) is 4. The van der Waals surface area contributed by atoms with E-state index in [2.05, 4.69) is 18.6 Å². The van der Waals surface area contributed by atoms with Crippen molar-refractivity contribution in [2.24, 2.45) is 5.92 Å². The molecule has 0 spiro atoms. The Labute approximate surface area is 160 Å². The third kappa shape index (κ3) is 6.29. The number of hydrogen-bond donors (Lipinski definition) is 0. The molecule has 0 aromatic heterocycles. The van der Waals surface area contributed by atoms with Crippen molar-refractivity contribution in [3.05, 3.63) is 64.9 Å². The van der Waals surface area contributed by atoms with Crippen molar-refractivity contribution in [3.8, 4) is 22.6 Å². The molecule has 2 aromatic carbocycles. The highest BCUT2D eigenvalue weighted by molar-refractivity contribution is 5.69. The SMILES string of the molecule is CCC(C)C/C=C/Oc1ccc(-c2ccc(OC(F)(F)F)cc2)cc1[N+](=O)[O-]. The molecule has 0 saturated carbocycles. The molecule has 0 aliphatic carbocycles. The predicted octanol–water partition coefficient (Wildman–Crippen LogP) is 6.49. The second kappa shape index (κ2) is 9.25. The van der Waals surface area contributed by atoms with Crippen LogP contribution in [0, 0.1) is 16.0 Å². The van der Waals surface area contributed by atoms with Crippen LogP contribution in [-0.4, -0.2) is 11.3 Å². The van der Waals surface area contributed by atoms with Crippen LogP contribution in [0.4, 0.5) is 18.9 Å². The van der Waals surface area contributed by atoms with Gasteiger partial charge in [-0.25, -0.2) is 0 Å². The lowest BCUT2D eigenvalue weighted by molar-refractivity contribution is -0.385. The summed E-state index contributed by atoms with van der Waals surface area (Å²) in [6.45, 7) is 4.16.